The maximum Gasteiger partial charge on any atom is 0.346 e. The van der Waals surface area contributed by atoms with Crippen LogP contribution in [0.4, 0.5) is 0 Å². The van der Waals surface area contributed by atoms with Gasteiger partial charge in [0.1, 0.15) is 5.82 Å². The predicted octanol–water partition coefficient (Wildman–Crippen LogP) is 3.48. The zero-order chi connectivity index (χ0) is 19.4. The third-order valence-corrected chi connectivity index (χ3v) is 6.97. The Kier molecular flexibility index (Phi) is 3.80. The van der Waals surface area contributed by atoms with E-state index < -0.39 is 0 Å². The average Bonchev–Trinajstić information content (AvgIpc) is 3.48. The van der Waals surface area contributed by atoms with E-state index in [-0.39, 0.29) is 17.8 Å². The van der Waals surface area contributed by atoms with E-state index in [1.165, 1.54) is 17.1 Å². The molecule has 0 unspecified atom stereocenters. The highest BCUT2D eigenvalue weighted by Crippen LogP contribution is 2.41. The number of hydrogen-bond donors (Lipinski definition) is 0. The second kappa shape index (κ2) is 6.52. The van der Waals surface area contributed by atoms with Crippen LogP contribution >= 0.6 is 11.5 Å². The van der Waals surface area contributed by atoms with Gasteiger partial charge in [-0.25, -0.2) is 13.8 Å². The van der Waals surface area contributed by atoms with Crippen LogP contribution in [0.25, 0.3) is 10.4 Å². The Morgan fingerprint density at radius 2 is 1.93 bits per heavy atom. The number of hydrogen-bond acceptors (Lipinski definition) is 5. The summed E-state index contributed by atoms with van der Waals surface area (Å²) < 4.78 is 9.80. The first-order chi connectivity index (χ1) is 14.3. The third-order valence-electron chi connectivity index (χ3n) is 6.17. The van der Waals surface area contributed by atoms with Gasteiger partial charge < -0.3 is 0 Å². The number of fused-ring (bicyclic) bond motifs is 1. The summed E-state index contributed by atoms with van der Waals surface area (Å²) in [5, 5.41) is 9.22. The van der Waals surface area contributed by atoms with Gasteiger partial charge in [0.2, 0.25) is 0 Å². The van der Waals surface area contributed by atoms with Gasteiger partial charge in [-0.1, -0.05) is 30.3 Å². The number of nitrogens with zero attached hydrogens (tertiary/aromatic N) is 6. The predicted molar refractivity (Wildman–Crippen MR) is 110 cm³/mol. The molecular formula is C21H20N6OS. The van der Waals surface area contributed by atoms with Crippen molar-refractivity contribution in [2.45, 2.75) is 43.8 Å². The first-order valence-corrected chi connectivity index (χ1v) is 10.8. The van der Waals surface area contributed by atoms with E-state index in [0.717, 1.165) is 41.9 Å². The molecule has 1 atom stereocenters. The summed E-state index contributed by atoms with van der Waals surface area (Å²) in [6.45, 7) is 0. The molecule has 7 nitrogen and oxygen atoms in total. The summed E-state index contributed by atoms with van der Waals surface area (Å²) in [5.41, 5.74) is 2.31. The van der Waals surface area contributed by atoms with Gasteiger partial charge >= 0.3 is 5.69 Å². The smallest absolute Gasteiger partial charge is 0.271 e. The van der Waals surface area contributed by atoms with Crippen LogP contribution in [-0.4, -0.2) is 28.5 Å². The number of aryl methyl sites for hydroxylation is 1. The van der Waals surface area contributed by atoms with Crippen LogP contribution in [0.5, 0.6) is 0 Å². The molecule has 0 spiro atoms. The highest BCUT2D eigenvalue weighted by atomic mass is 32.1. The Labute approximate surface area is 171 Å². The van der Waals surface area contributed by atoms with Crippen LogP contribution in [0.1, 0.15) is 48.8 Å². The van der Waals surface area contributed by atoms with E-state index in [0.29, 0.717) is 6.04 Å². The topological polar surface area (TPSA) is 70.5 Å². The first-order valence-electron chi connectivity index (χ1n) is 9.98. The van der Waals surface area contributed by atoms with E-state index >= 15 is 0 Å². The minimum Gasteiger partial charge on any atom is -0.271 e. The summed E-state index contributed by atoms with van der Waals surface area (Å²) in [6.07, 6.45) is 9.35. The molecule has 1 aromatic carbocycles. The second-order valence-corrected chi connectivity index (χ2v) is 8.68. The van der Waals surface area contributed by atoms with Crippen molar-refractivity contribution in [1.29, 1.82) is 0 Å². The van der Waals surface area contributed by atoms with Crippen molar-refractivity contribution in [3.05, 3.63) is 76.9 Å². The van der Waals surface area contributed by atoms with Gasteiger partial charge in [-0.15, -0.1) is 0 Å². The summed E-state index contributed by atoms with van der Waals surface area (Å²) in [5.74, 6) is 0.916. The molecule has 0 radical (unpaired) electrons. The second-order valence-electron chi connectivity index (χ2n) is 7.84. The van der Waals surface area contributed by atoms with Gasteiger partial charge in [0, 0.05) is 24.4 Å². The van der Waals surface area contributed by atoms with Gasteiger partial charge in [-0.3, -0.25) is 9.25 Å². The highest BCUT2D eigenvalue weighted by molar-refractivity contribution is 7.09. The van der Waals surface area contributed by atoms with Crippen molar-refractivity contribution in [3.8, 4) is 10.4 Å². The lowest BCUT2D eigenvalue weighted by Crippen LogP contribution is -2.37. The minimum atomic E-state index is 0.0283. The van der Waals surface area contributed by atoms with Crippen LogP contribution in [0, 0.1) is 0 Å². The van der Waals surface area contributed by atoms with Crippen LogP contribution in [0.15, 0.2) is 59.8 Å². The molecule has 0 amide bonds. The molecule has 1 fully saturated rings. The molecule has 0 bridgehead atoms. The molecule has 8 heteroatoms. The summed E-state index contributed by atoms with van der Waals surface area (Å²) in [4.78, 5) is 14.2. The fraction of sp³-hybridized carbons (Fsp3) is 0.333. The van der Waals surface area contributed by atoms with E-state index in [2.05, 4.69) is 27.8 Å². The Hall–Kier alpha value is -3.00. The van der Waals surface area contributed by atoms with E-state index in [1.807, 2.05) is 45.9 Å². The molecule has 6 rings (SSSR count). The molecular weight excluding hydrogens is 384 g/mol. The van der Waals surface area contributed by atoms with Crippen LogP contribution in [0.3, 0.4) is 0 Å². The van der Waals surface area contributed by atoms with Crippen molar-refractivity contribution < 1.29 is 0 Å². The third kappa shape index (κ3) is 2.70. The lowest BCUT2D eigenvalue weighted by Gasteiger charge is -2.34. The van der Waals surface area contributed by atoms with Crippen LogP contribution in [-0.2, 0) is 6.42 Å². The molecule has 146 valence electrons. The molecule has 0 N–H and O–H groups in total. The van der Waals surface area contributed by atoms with Crippen LogP contribution < -0.4 is 5.69 Å². The van der Waals surface area contributed by atoms with Gasteiger partial charge in [0.15, 0.2) is 0 Å². The average molecular weight is 404 g/mol. The molecule has 1 aliphatic heterocycles. The zero-order valence-corrected chi connectivity index (χ0v) is 16.6. The lowest BCUT2D eigenvalue weighted by atomic mass is 9.87. The molecule has 3 aromatic heterocycles. The van der Waals surface area contributed by atoms with E-state index in [1.54, 1.807) is 4.68 Å². The fourth-order valence-corrected chi connectivity index (χ4v) is 5.12. The number of aromatic nitrogens is 6. The molecule has 1 aliphatic carbocycles. The van der Waals surface area contributed by atoms with Crippen molar-refractivity contribution >= 4 is 11.5 Å². The van der Waals surface area contributed by atoms with Crippen molar-refractivity contribution in [1.82, 2.24) is 28.5 Å². The zero-order valence-electron chi connectivity index (χ0n) is 15.8. The minimum absolute atomic E-state index is 0.0283. The van der Waals surface area contributed by atoms with Gasteiger partial charge in [-0.2, -0.15) is 10.2 Å². The Balaban J connectivity index is 1.21. The molecule has 4 heterocycles. The van der Waals surface area contributed by atoms with Crippen LogP contribution in [0.2, 0.25) is 0 Å². The standard InChI is InChI=1S/C21H20N6OS/c28-21-26-18(14-4-2-1-3-5-14)6-7-20(26)24-27(21)17-10-16(11-17)25-13-15(12-22-25)19-8-9-23-29-19/h1-5,8-9,12-13,16-18H,6-7,10-11H2/t16?,17?,18-/m0/s1. The van der Waals surface area contributed by atoms with Crippen molar-refractivity contribution in [3.63, 3.8) is 0 Å². The van der Waals surface area contributed by atoms with E-state index in [9.17, 15) is 4.79 Å². The van der Waals surface area contributed by atoms with Crippen molar-refractivity contribution in [2.24, 2.45) is 0 Å². The largest absolute Gasteiger partial charge is 0.346 e. The highest BCUT2D eigenvalue weighted by Gasteiger charge is 2.37. The summed E-state index contributed by atoms with van der Waals surface area (Å²) in [7, 11) is 0. The molecule has 1 saturated carbocycles. The molecule has 4 aromatic rings. The summed E-state index contributed by atoms with van der Waals surface area (Å²) >= 11 is 1.48. The Bertz CT molecular complexity index is 1200. The molecule has 29 heavy (non-hydrogen) atoms. The monoisotopic (exact) mass is 404 g/mol. The lowest BCUT2D eigenvalue weighted by molar-refractivity contribution is 0.170. The number of rotatable bonds is 4. The quantitative estimate of drug-likeness (QED) is 0.522. The van der Waals surface area contributed by atoms with E-state index in [4.69, 9.17) is 5.10 Å². The fourth-order valence-electron chi connectivity index (χ4n) is 4.55. The SMILES string of the molecule is O=c1n(C2CC(n3cc(-c4ccns4)cn3)C2)nc2n1[C@H](c1ccccc1)CC2. The summed E-state index contributed by atoms with van der Waals surface area (Å²) in [6, 6.07) is 12.8. The van der Waals surface area contributed by atoms with Crippen molar-refractivity contribution in [2.75, 3.05) is 0 Å². The molecule has 0 saturated heterocycles. The van der Waals surface area contributed by atoms with Gasteiger partial charge in [-0.05, 0) is 42.4 Å². The normalized spacial score (nSPS) is 23.1. The first kappa shape index (κ1) is 16.9. The molecule has 2 aliphatic rings. The Morgan fingerprint density at radius 3 is 2.72 bits per heavy atom. The maximum absolute atomic E-state index is 13.1. The van der Waals surface area contributed by atoms with Gasteiger partial charge in [0.05, 0.1) is 29.2 Å². The van der Waals surface area contributed by atoms with Gasteiger partial charge in [0.25, 0.3) is 0 Å². The Morgan fingerprint density at radius 1 is 1.07 bits per heavy atom. The number of benzene rings is 1. The maximum atomic E-state index is 13.1.